The average molecular weight is 370 g/mol. The Morgan fingerprint density at radius 2 is 1.00 bits per heavy atom. The van der Waals surface area contributed by atoms with Crippen LogP contribution in [0.4, 0.5) is 0 Å². The van der Waals surface area contributed by atoms with Gasteiger partial charge in [0.15, 0.2) is 0 Å². The van der Waals surface area contributed by atoms with Crippen LogP contribution >= 0.6 is 0 Å². The molecule has 0 saturated heterocycles. The summed E-state index contributed by atoms with van der Waals surface area (Å²) in [7, 11) is 0. The van der Waals surface area contributed by atoms with Crippen molar-refractivity contribution >= 4 is 0 Å². The molecular formula is C24H22N2O2. The van der Waals surface area contributed by atoms with Crippen molar-refractivity contribution in [3.8, 4) is 39.8 Å². The van der Waals surface area contributed by atoms with Crippen LogP contribution in [0.2, 0.25) is 0 Å². The van der Waals surface area contributed by atoms with Crippen molar-refractivity contribution in [3.63, 3.8) is 0 Å². The SMILES string of the molecule is CC(C)(C)c1ccc(-c2nnc(-c3ccc(-c4ccc(O)cc4)cc3)o2)cc1. The predicted molar refractivity (Wildman–Crippen MR) is 111 cm³/mol. The van der Waals surface area contributed by atoms with E-state index in [1.54, 1.807) is 12.1 Å². The lowest BCUT2D eigenvalue weighted by molar-refractivity contribution is 0.475. The third kappa shape index (κ3) is 3.67. The zero-order chi connectivity index (χ0) is 19.7. The minimum atomic E-state index is 0.109. The zero-order valence-corrected chi connectivity index (χ0v) is 16.2. The normalized spacial score (nSPS) is 11.5. The number of rotatable bonds is 3. The van der Waals surface area contributed by atoms with Gasteiger partial charge in [0, 0.05) is 11.1 Å². The molecule has 0 unspecified atom stereocenters. The van der Waals surface area contributed by atoms with Crippen LogP contribution < -0.4 is 0 Å². The summed E-state index contributed by atoms with van der Waals surface area (Å²) in [5.41, 5.74) is 5.24. The summed E-state index contributed by atoms with van der Waals surface area (Å²) < 4.78 is 5.89. The molecule has 1 aromatic heterocycles. The van der Waals surface area contributed by atoms with Crippen LogP contribution in [-0.2, 0) is 5.41 Å². The molecule has 0 spiro atoms. The second-order valence-corrected chi connectivity index (χ2v) is 7.86. The van der Waals surface area contributed by atoms with Crippen LogP contribution in [0.1, 0.15) is 26.3 Å². The molecule has 0 aliphatic heterocycles. The quantitative estimate of drug-likeness (QED) is 0.475. The van der Waals surface area contributed by atoms with Gasteiger partial charge in [0.05, 0.1) is 0 Å². The molecule has 4 aromatic rings. The molecule has 0 atom stereocenters. The van der Waals surface area contributed by atoms with Crippen LogP contribution in [0.3, 0.4) is 0 Å². The monoisotopic (exact) mass is 370 g/mol. The van der Waals surface area contributed by atoms with Gasteiger partial charge in [-0.1, -0.05) is 57.2 Å². The summed E-state index contributed by atoms with van der Waals surface area (Å²) in [6.07, 6.45) is 0. The van der Waals surface area contributed by atoms with Gasteiger partial charge >= 0.3 is 0 Å². The maximum Gasteiger partial charge on any atom is 0.248 e. The summed E-state index contributed by atoms with van der Waals surface area (Å²) in [4.78, 5) is 0. The van der Waals surface area contributed by atoms with Crippen molar-refractivity contribution in [3.05, 3.63) is 78.4 Å². The van der Waals surface area contributed by atoms with E-state index in [1.807, 2.05) is 48.5 Å². The first-order valence-electron chi connectivity index (χ1n) is 9.24. The van der Waals surface area contributed by atoms with Gasteiger partial charge in [0.1, 0.15) is 5.75 Å². The van der Waals surface area contributed by atoms with Crippen LogP contribution in [0.5, 0.6) is 5.75 Å². The summed E-state index contributed by atoms with van der Waals surface area (Å²) in [6.45, 7) is 6.57. The third-order valence-electron chi connectivity index (χ3n) is 4.76. The number of aromatic nitrogens is 2. The molecule has 28 heavy (non-hydrogen) atoms. The molecule has 1 N–H and O–H groups in total. The van der Waals surface area contributed by atoms with E-state index in [0.29, 0.717) is 11.8 Å². The summed E-state index contributed by atoms with van der Waals surface area (Å²) in [5, 5.41) is 17.8. The van der Waals surface area contributed by atoms with Gasteiger partial charge in [0.2, 0.25) is 11.8 Å². The largest absolute Gasteiger partial charge is 0.508 e. The Morgan fingerprint density at radius 3 is 1.46 bits per heavy atom. The Balaban J connectivity index is 1.56. The van der Waals surface area contributed by atoms with Gasteiger partial charge in [-0.05, 0) is 58.5 Å². The van der Waals surface area contributed by atoms with E-state index < -0.39 is 0 Å². The lowest BCUT2D eigenvalue weighted by Crippen LogP contribution is -2.10. The van der Waals surface area contributed by atoms with E-state index in [0.717, 1.165) is 22.3 Å². The van der Waals surface area contributed by atoms with Gasteiger partial charge in [-0.15, -0.1) is 10.2 Å². The summed E-state index contributed by atoms with van der Waals surface area (Å²) in [5.74, 6) is 1.26. The number of aromatic hydroxyl groups is 1. The number of benzene rings is 3. The molecule has 0 bridgehead atoms. The molecule has 0 aliphatic rings. The highest BCUT2D eigenvalue weighted by Gasteiger charge is 2.15. The maximum absolute atomic E-state index is 9.42. The number of hydrogen-bond donors (Lipinski definition) is 1. The Kier molecular flexibility index (Phi) is 4.47. The topological polar surface area (TPSA) is 59.2 Å². The van der Waals surface area contributed by atoms with Crippen LogP contribution in [-0.4, -0.2) is 15.3 Å². The molecule has 0 fully saturated rings. The molecule has 4 rings (SSSR count). The lowest BCUT2D eigenvalue weighted by atomic mass is 9.87. The minimum absolute atomic E-state index is 0.109. The van der Waals surface area contributed by atoms with Crippen molar-refractivity contribution in [2.24, 2.45) is 0 Å². The first-order chi connectivity index (χ1) is 13.4. The molecule has 0 saturated carbocycles. The Morgan fingerprint density at radius 1 is 0.607 bits per heavy atom. The standard InChI is InChI=1S/C24H22N2O2/c1-24(2,3)20-12-8-19(9-13-20)23-26-25-22(28-23)18-6-4-16(5-7-18)17-10-14-21(27)15-11-17/h4-15,27H,1-3H3. The van der Waals surface area contributed by atoms with Crippen LogP contribution in [0.15, 0.2) is 77.2 Å². The fourth-order valence-corrected chi connectivity index (χ4v) is 3.03. The van der Waals surface area contributed by atoms with Gasteiger partial charge in [-0.25, -0.2) is 0 Å². The molecule has 3 aromatic carbocycles. The number of phenolic OH excluding ortho intramolecular Hbond substituents is 1. The fourth-order valence-electron chi connectivity index (χ4n) is 3.03. The van der Waals surface area contributed by atoms with Crippen molar-refractivity contribution in [1.82, 2.24) is 10.2 Å². The van der Waals surface area contributed by atoms with Crippen LogP contribution in [0.25, 0.3) is 34.0 Å². The maximum atomic E-state index is 9.42. The zero-order valence-electron chi connectivity index (χ0n) is 16.2. The molecule has 0 amide bonds. The number of phenols is 1. The molecule has 4 nitrogen and oxygen atoms in total. The van der Waals surface area contributed by atoms with Gasteiger partial charge in [0.25, 0.3) is 0 Å². The van der Waals surface area contributed by atoms with E-state index in [4.69, 9.17) is 4.42 Å². The van der Waals surface area contributed by atoms with E-state index in [2.05, 4.69) is 43.1 Å². The fraction of sp³-hybridized carbons (Fsp3) is 0.167. The van der Waals surface area contributed by atoms with E-state index in [-0.39, 0.29) is 11.2 Å². The van der Waals surface area contributed by atoms with Gasteiger partial charge in [-0.2, -0.15) is 0 Å². The predicted octanol–water partition coefficient (Wildman–Crippen LogP) is 6.07. The summed E-state index contributed by atoms with van der Waals surface area (Å²) >= 11 is 0. The van der Waals surface area contributed by atoms with Crippen molar-refractivity contribution < 1.29 is 9.52 Å². The van der Waals surface area contributed by atoms with E-state index in [9.17, 15) is 5.11 Å². The van der Waals surface area contributed by atoms with Crippen molar-refractivity contribution in [2.45, 2.75) is 26.2 Å². The summed E-state index contributed by atoms with van der Waals surface area (Å²) in [6, 6.07) is 23.3. The van der Waals surface area contributed by atoms with Crippen molar-refractivity contribution in [1.29, 1.82) is 0 Å². The minimum Gasteiger partial charge on any atom is -0.508 e. The van der Waals surface area contributed by atoms with Gasteiger partial charge < -0.3 is 9.52 Å². The second kappa shape index (κ2) is 6.97. The smallest absolute Gasteiger partial charge is 0.248 e. The Labute approximate surface area is 164 Å². The Bertz CT molecular complexity index is 1070. The van der Waals surface area contributed by atoms with Crippen LogP contribution in [0, 0.1) is 0 Å². The highest BCUT2D eigenvalue weighted by Crippen LogP contribution is 2.29. The third-order valence-corrected chi connectivity index (χ3v) is 4.76. The van der Waals surface area contributed by atoms with Crippen molar-refractivity contribution in [2.75, 3.05) is 0 Å². The van der Waals surface area contributed by atoms with E-state index >= 15 is 0 Å². The molecule has 1 heterocycles. The van der Waals surface area contributed by atoms with E-state index in [1.165, 1.54) is 5.56 Å². The molecular weight excluding hydrogens is 348 g/mol. The lowest BCUT2D eigenvalue weighted by Gasteiger charge is -2.18. The Hall–Kier alpha value is -3.40. The first kappa shape index (κ1) is 18.0. The molecule has 140 valence electrons. The first-order valence-corrected chi connectivity index (χ1v) is 9.24. The van der Waals surface area contributed by atoms with Gasteiger partial charge in [-0.3, -0.25) is 0 Å². The highest BCUT2D eigenvalue weighted by molar-refractivity contribution is 5.68. The average Bonchev–Trinajstić information content (AvgIpc) is 3.18. The number of hydrogen-bond acceptors (Lipinski definition) is 4. The molecule has 0 radical (unpaired) electrons. The molecule has 0 aliphatic carbocycles. The highest BCUT2D eigenvalue weighted by atomic mass is 16.4. The second-order valence-electron chi connectivity index (χ2n) is 7.86. The number of nitrogens with zero attached hydrogens (tertiary/aromatic N) is 2. The molecule has 4 heteroatoms.